The van der Waals surface area contributed by atoms with Crippen molar-refractivity contribution in [3.8, 4) is 41.8 Å². The minimum Gasteiger partial charge on any atom is -1.00 e. The smallest absolute Gasteiger partial charge is 0.425 e. The molecule has 0 spiro atoms. The van der Waals surface area contributed by atoms with Crippen molar-refractivity contribution in [2.24, 2.45) is 0 Å². The zero-order chi connectivity index (χ0) is 40.7. The molecule has 16 heteroatoms. The fourth-order valence-electron chi connectivity index (χ4n) is 4.09. The van der Waals surface area contributed by atoms with E-state index in [9.17, 15) is 13.2 Å². The van der Waals surface area contributed by atoms with E-state index in [1.807, 2.05) is 85.8 Å². The Labute approximate surface area is 346 Å². The van der Waals surface area contributed by atoms with Gasteiger partial charge in [-0.2, -0.15) is 8.42 Å². The number of hydrogen-bond donors (Lipinski definition) is 1. The minimum atomic E-state index is -3.92. The molecule has 1 N–H and O–H groups in total. The third-order valence-electron chi connectivity index (χ3n) is 5.94. The van der Waals surface area contributed by atoms with Crippen molar-refractivity contribution in [2.45, 2.75) is 28.2 Å². The van der Waals surface area contributed by atoms with E-state index in [1.54, 1.807) is 23.5 Å². The van der Waals surface area contributed by atoms with Crippen LogP contribution in [-0.4, -0.2) is 51.1 Å². The van der Waals surface area contributed by atoms with Gasteiger partial charge in [0.25, 0.3) is 10.1 Å². The number of aryl methyl sites for hydroxylation is 1. The Morgan fingerprint density at radius 2 is 0.821 bits per heavy atom. The van der Waals surface area contributed by atoms with Crippen LogP contribution < -0.4 is 17.8 Å². The third-order valence-corrected chi connectivity index (χ3v) is 8.23. The van der Waals surface area contributed by atoms with Gasteiger partial charge >= 0.3 is 10.6 Å². The maximum atomic E-state index is 11.9. The van der Waals surface area contributed by atoms with Gasteiger partial charge in [-0.15, -0.1) is 24.0 Å². The molecule has 2 aromatic heterocycles. The fraction of sp³-hybridized carbons (Fsp3) is 0.150. The molecule has 0 aliphatic heterocycles. The first kappa shape index (κ1) is 53.7. The summed E-state index contributed by atoms with van der Waals surface area (Å²) in [4.78, 5) is 16.5. The molecular formula is C40H44ClO10S5-. The Hall–Kier alpha value is -4.45. The maximum Gasteiger partial charge on any atom is 0.425 e. The summed E-state index contributed by atoms with van der Waals surface area (Å²) in [5.41, 5.74) is 6.10. The van der Waals surface area contributed by atoms with Gasteiger partial charge in [-0.25, -0.2) is 8.42 Å². The highest BCUT2D eigenvalue weighted by molar-refractivity contribution is 7.85. The molecule has 0 fully saturated rings. The molecule has 0 aliphatic rings. The molecule has 302 valence electrons. The Morgan fingerprint density at radius 1 is 0.589 bits per heavy atom. The van der Waals surface area contributed by atoms with E-state index in [0.29, 0.717) is 12.5 Å². The number of hydrogen-bond acceptors (Lipinski definition) is 10. The lowest BCUT2D eigenvalue weighted by Crippen LogP contribution is -3.00. The summed E-state index contributed by atoms with van der Waals surface area (Å²) >= 11 is 3.49. The molecule has 10 nitrogen and oxygen atoms in total. The topological polar surface area (TPSA) is 180 Å². The van der Waals surface area contributed by atoms with Crippen LogP contribution in [0.25, 0.3) is 41.8 Å². The highest BCUT2D eigenvalue weighted by Gasteiger charge is 2.16. The second kappa shape index (κ2) is 28.0. The second-order valence-electron chi connectivity index (χ2n) is 10.5. The predicted octanol–water partition coefficient (Wildman–Crippen LogP) is 6.44. The molecule has 0 bridgehead atoms. The van der Waals surface area contributed by atoms with Crippen LogP contribution in [0.15, 0.2) is 150 Å². The average molecular weight is 881 g/mol. The molecule has 0 amide bonds. The van der Waals surface area contributed by atoms with E-state index in [-0.39, 0.29) is 25.3 Å². The Kier molecular flexibility index (Phi) is 26.8. The molecule has 0 radical (unpaired) electrons. The van der Waals surface area contributed by atoms with E-state index in [0.717, 1.165) is 20.9 Å². The Balaban J connectivity index is 0. The van der Waals surface area contributed by atoms with Gasteiger partial charge in [0.15, 0.2) is 5.43 Å². The lowest BCUT2D eigenvalue weighted by Gasteiger charge is -2.04. The predicted molar refractivity (Wildman–Crippen MR) is 227 cm³/mol. The van der Waals surface area contributed by atoms with Crippen LogP contribution in [-0.2, 0) is 30.8 Å². The lowest BCUT2D eigenvalue weighted by molar-refractivity contribution is -0.0000232. The number of halogens is 1. The van der Waals surface area contributed by atoms with Crippen molar-refractivity contribution in [3.05, 3.63) is 161 Å². The SMILES string of the molecule is C.CC.CS(=O)(=O)O.CS(=O)(=O)[O-].Cc1cc(-c2ccccc2)[s+]c(-c2ccccc2)c1.O=S(=O)=O.O=c1cc(-c2ccccc2)sc(-c2ccccc2)c1.[Cl-]. The first-order valence-electron chi connectivity index (χ1n) is 15.8. The molecule has 0 unspecified atom stereocenters. The maximum absolute atomic E-state index is 11.9. The Morgan fingerprint density at radius 3 is 1.07 bits per heavy atom. The van der Waals surface area contributed by atoms with Crippen LogP contribution in [0.1, 0.15) is 26.8 Å². The monoisotopic (exact) mass is 879 g/mol. The summed E-state index contributed by atoms with van der Waals surface area (Å²) in [6, 6.07) is 49.1. The summed E-state index contributed by atoms with van der Waals surface area (Å²) in [6.07, 6.45) is 1.32. The lowest BCUT2D eigenvalue weighted by atomic mass is 10.1. The third kappa shape index (κ3) is 25.6. The van der Waals surface area contributed by atoms with Crippen molar-refractivity contribution in [1.82, 2.24) is 0 Å². The highest BCUT2D eigenvalue weighted by atomic mass is 35.5. The first-order chi connectivity index (χ1) is 25.4. The molecule has 56 heavy (non-hydrogen) atoms. The van der Waals surface area contributed by atoms with Gasteiger partial charge in [0, 0.05) is 51.4 Å². The summed E-state index contributed by atoms with van der Waals surface area (Å²) in [6.45, 7) is 6.16. The molecule has 2 heterocycles. The minimum absolute atomic E-state index is 0. The van der Waals surface area contributed by atoms with Gasteiger partial charge < -0.3 is 17.0 Å². The Bertz CT molecular complexity index is 2230. The van der Waals surface area contributed by atoms with Crippen molar-refractivity contribution >= 4 is 53.5 Å². The van der Waals surface area contributed by atoms with E-state index >= 15 is 0 Å². The first-order valence-corrected chi connectivity index (χ1v) is 22.1. The van der Waals surface area contributed by atoms with Crippen LogP contribution >= 0.6 is 22.7 Å². The molecule has 0 saturated carbocycles. The molecular weight excluding hydrogens is 836 g/mol. The van der Waals surface area contributed by atoms with Crippen LogP contribution in [0, 0.1) is 6.92 Å². The standard InChI is InChI=1S/C18H15S.C17H12OS.C2H6.2CH4O3S.CH4.ClH.O3S/c1-14-12-17(15-8-4-2-5-9-15)19-18(13-14)16-10-6-3-7-11-16;18-15-11-16(13-7-3-1-4-8-13)19-17(12-15)14-9-5-2-6-10-14;1-2;2*1-5(2,3)4;;;1-4(2)3/h2-13H,1H3;1-12H;1-2H3;2*1H3,(H,2,3,4);1H4;1H;/q+1;;;;;;;/p-2. The average Bonchev–Trinajstić information content (AvgIpc) is 3.12. The van der Waals surface area contributed by atoms with Crippen LogP contribution in [0.2, 0.25) is 0 Å². The van der Waals surface area contributed by atoms with Crippen molar-refractivity contribution in [3.63, 3.8) is 0 Å². The zero-order valence-electron chi connectivity index (χ0n) is 30.4. The van der Waals surface area contributed by atoms with Crippen molar-refractivity contribution in [1.29, 1.82) is 0 Å². The fourth-order valence-corrected chi connectivity index (χ4v) is 6.42. The van der Waals surface area contributed by atoms with E-state index < -0.39 is 30.8 Å². The molecule has 4 aromatic carbocycles. The van der Waals surface area contributed by atoms with Gasteiger partial charge in [-0.3, -0.25) is 9.35 Å². The van der Waals surface area contributed by atoms with Crippen LogP contribution in [0.5, 0.6) is 0 Å². The summed E-state index contributed by atoms with van der Waals surface area (Å²) in [7, 11) is -10.7. The van der Waals surface area contributed by atoms with Gasteiger partial charge in [0.1, 0.15) is 0 Å². The van der Waals surface area contributed by atoms with Gasteiger partial charge in [-0.05, 0) is 47.9 Å². The van der Waals surface area contributed by atoms with E-state index in [1.165, 1.54) is 26.4 Å². The molecule has 0 saturated heterocycles. The molecule has 6 rings (SSSR count). The summed E-state index contributed by atoms with van der Waals surface area (Å²) in [5.74, 6) is 0. The molecule has 0 atom stereocenters. The van der Waals surface area contributed by atoms with Crippen molar-refractivity contribution < 1.29 is 51.0 Å². The van der Waals surface area contributed by atoms with Crippen LogP contribution in [0.4, 0.5) is 0 Å². The zero-order valence-corrected chi connectivity index (χ0v) is 35.2. The van der Waals surface area contributed by atoms with E-state index in [2.05, 4.69) is 79.7 Å². The largest absolute Gasteiger partial charge is 1.00 e. The molecule has 6 aromatic rings. The van der Waals surface area contributed by atoms with Gasteiger partial charge in [0.05, 0.1) is 16.4 Å². The van der Waals surface area contributed by atoms with Gasteiger partial charge in [0.2, 0.25) is 21.1 Å². The molecule has 0 aliphatic carbocycles. The quantitative estimate of drug-likeness (QED) is 0.153. The highest BCUT2D eigenvalue weighted by Crippen LogP contribution is 2.34. The second-order valence-corrected chi connectivity index (χ2v) is 15.9. The van der Waals surface area contributed by atoms with Crippen LogP contribution in [0.3, 0.4) is 0 Å². The van der Waals surface area contributed by atoms with E-state index in [4.69, 9.17) is 30.1 Å². The van der Waals surface area contributed by atoms with Crippen molar-refractivity contribution in [2.75, 3.05) is 12.5 Å². The number of rotatable bonds is 4. The summed E-state index contributed by atoms with van der Waals surface area (Å²) < 4.78 is 78.4. The number of benzene rings is 4. The normalized spacial score (nSPS) is 9.62. The summed E-state index contributed by atoms with van der Waals surface area (Å²) in [5, 5.41) is 0. The van der Waals surface area contributed by atoms with Gasteiger partial charge in [-0.1, -0.05) is 118 Å².